The lowest BCUT2D eigenvalue weighted by atomic mass is 10.1. The Morgan fingerprint density at radius 2 is 1.79 bits per heavy atom. The summed E-state index contributed by atoms with van der Waals surface area (Å²) in [7, 11) is -3.60. The number of para-hydroxylation sites is 1. The van der Waals surface area contributed by atoms with Crippen LogP contribution in [0.4, 0.5) is 5.82 Å². The second-order valence-corrected chi connectivity index (χ2v) is 20.5. The normalized spacial score (nSPS) is 13.0. The first-order chi connectivity index (χ1) is 22.9. The molecule has 12 nitrogen and oxygen atoms in total. The Morgan fingerprint density at radius 1 is 1.02 bits per heavy atom. The van der Waals surface area contributed by atoms with Crippen LogP contribution in [0.1, 0.15) is 24.4 Å². The molecule has 0 bridgehead atoms. The number of anilines is 1. The van der Waals surface area contributed by atoms with Crippen LogP contribution in [0.25, 0.3) is 33.4 Å². The van der Waals surface area contributed by atoms with E-state index in [0.717, 1.165) is 17.2 Å². The van der Waals surface area contributed by atoms with E-state index in [1.807, 2.05) is 67.1 Å². The van der Waals surface area contributed by atoms with E-state index in [1.54, 1.807) is 33.5 Å². The topological polar surface area (TPSA) is 137 Å². The van der Waals surface area contributed by atoms with Gasteiger partial charge in [0.1, 0.15) is 30.0 Å². The van der Waals surface area contributed by atoms with E-state index in [0.29, 0.717) is 46.1 Å². The van der Waals surface area contributed by atoms with Gasteiger partial charge in [0.25, 0.3) is 5.56 Å². The predicted molar refractivity (Wildman–Crippen MR) is 191 cm³/mol. The van der Waals surface area contributed by atoms with Crippen LogP contribution in [0.2, 0.25) is 25.7 Å². The van der Waals surface area contributed by atoms with E-state index >= 15 is 0 Å². The first-order valence-corrected chi connectivity index (χ1v) is 21.0. The van der Waals surface area contributed by atoms with Crippen LogP contribution in [-0.2, 0) is 21.5 Å². The Bertz CT molecular complexity index is 2270. The summed E-state index contributed by atoms with van der Waals surface area (Å²) in [6.07, 6.45) is 5.19. The summed E-state index contributed by atoms with van der Waals surface area (Å²) in [5, 5.41) is 9.09. The van der Waals surface area contributed by atoms with Gasteiger partial charge in [-0.3, -0.25) is 9.36 Å². The van der Waals surface area contributed by atoms with Crippen LogP contribution in [0.15, 0.2) is 89.1 Å². The molecule has 0 amide bonds. The average Bonchev–Trinajstić information content (AvgIpc) is 3.64. The number of nitrogens with one attached hydrogen (secondary N) is 2. The minimum absolute atomic E-state index is 0.140. The van der Waals surface area contributed by atoms with Crippen molar-refractivity contribution in [3.8, 4) is 16.8 Å². The molecule has 2 N–H and O–H groups in total. The van der Waals surface area contributed by atoms with Gasteiger partial charge in [-0.05, 0) is 68.4 Å². The number of hydrogen-bond acceptors (Lipinski definition) is 8. The Kier molecular flexibility index (Phi) is 9.09. The fourth-order valence-electron chi connectivity index (χ4n) is 5.65. The van der Waals surface area contributed by atoms with Crippen LogP contribution in [0, 0.1) is 6.92 Å². The van der Waals surface area contributed by atoms with Gasteiger partial charge in [0.2, 0.25) is 10.0 Å². The van der Waals surface area contributed by atoms with E-state index in [-0.39, 0.29) is 17.2 Å². The van der Waals surface area contributed by atoms with E-state index in [1.165, 1.54) is 13.4 Å². The molecule has 48 heavy (non-hydrogen) atoms. The highest BCUT2D eigenvalue weighted by atomic mass is 32.2. The molecule has 250 valence electrons. The van der Waals surface area contributed by atoms with Crippen molar-refractivity contribution in [1.82, 2.24) is 33.4 Å². The van der Waals surface area contributed by atoms with E-state index in [4.69, 9.17) is 9.84 Å². The summed E-state index contributed by atoms with van der Waals surface area (Å²) in [6.45, 7) is 11.6. The Hall–Kier alpha value is -4.63. The van der Waals surface area contributed by atoms with Crippen LogP contribution in [-0.4, -0.2) is 58.9 Å². The number of ether oxygens (including phenoxy) is 1. The maximum absolute atomic E-state index is 13.9. The molecule has 4 heterocycles. The highest BCUT2D eigenvalue weighted by Gasteiger charge is 2.24. The molecular weight excluding hydrogens is 645 g/mol. The van der Waals surface area contributed by atoms with Crippen molar-refractivity contribution in [3.05, 3.63) is 101 Å². The Labute approximate surface area is 280 Å². The number of hydrogen-bond donors (Lipinski definition) is 2. The second-order valence-electron chi connectivity index (χ2n) is 13.0. The zero-order valence-electron chi connectivity index (χ0n) is 27.9. The van der Waals surface area contributed by atoms with Gasteiger partial charge in [-0.2, -0.15) is 5.10 Å². The summed E-state index contributed by atoms with van der Waals surface area (Å²) in [4.78, 5) is 23.4. The fourth-order valence-corrected chi connectivity index (χ4v) is 7.18. The number of aromatic nitrogens is 6. The molecule has 14 heteroatoms. The zero-order valence-corrected chi connectivity index (χ0v) is 29.7. The van der Waals surface area contributed by atoms with Gasteiger partial charge in [0.05, 0.1) is 22.0 Å². The molecule has 6 rings (SSSR count). The minimum atomic E-state index is -3.69. The third-order valence-electron chi connectivity index (χ3n) is 8.27. The van der Waals surface area contributed by atoms with Crippen LogP contribution in [0.3, 0.4) is 0 Å². The molecular formula is C34H40N8O4SSi. The van der Waals surface area contributed by atoms with Crippen molar-refractivity contribution in [3.63, 3.8) is 0 Å². The molecule has 0 unspecified atom stereocenters. The first-order valence-electron chi connectivity index (χ1n) is 15.8. The fraction of sp³-hybridized carbons (Fsp3) is 0.294. The second kappa shape index (κ2) is 13.1. The lowest BCUT2D eigenvalue weighted by molar-refractivity contribution is 0.0899. The quantitative estimate of drug-likeness (QED) is 0.126. The van der Waals surface area contributed by atoms with Gasteiger partial charge >= 0.3 is 0 Å². The molecule has 0 saturated carbocycles. The number of nitrogens with zero attached hydrogens (tertiary/aromatic N) is 6. The van der Waals surface area contributed by atoms with E-state index < -0.39 is 24.1 Å². The van der Waals surface area contributed by atoms with Crippen molar-refractivity contribution >= 4 is 40.5 Å². The first kappa shape index (κ1) is 33.3. The van der Waals surface area contributed by atoms with Gasteiger partial charge in [0.15, 0.2) is 5.82 Å². The summed E-state index contributed by atoms with van der Waals surface area (Å²) in [5.74, 6) is 0.988. The van der Waals surface area contributed by atoms with Crippen molar-refractivity contribution in [1.29, 1.82) is 0 Å². The molecule has 6 aromatic rings. The van der Waals surface area contributed by atoms with Crippen molar-refractivity contribution in [2.45, 2.75) is 57.2 Å². The van der Waals surface area contributed by atoms with Gasteiger partial charge in [-0.15, -0.1) is 0 Å². The standard InChI is InChI=1S/C34H40N8O4SSi/c1-23-15-16-41-30(23)34(43)42(26-12-8-7-9-13-26)32(39-41)24(2)38-31-29-28(25-11-10-14-27(19-25)47(44,45)35-3)20-40(33(29)37-21-36-31)22-46-17-18-48(4,5)6/h7-16,19-21,24,35H,17-18,22H2,1-6H3,(H,36,37,38)/t24-/m0/s1. The average molecular weight is 685 g/mol. The molecule has 2 aromatic carbocycles. The zero-order chi connectivity index (χ0) is 34.2. The van der Waals surface area contributed by atoms with Gasteiger partial charge in [0, 0.05) is 32.6 Å². The molecule has 4 aromatic heterocycles. The summed E-state index contributed by atoms with van der Waals surface area (Å²) in [5.41, 5.74) is 3.87. The summed E-state index contributed by atoms with van der Waals surface area (Å²) in [6, 6.07) is 18.6. The highest BCUT2D eigenvalue weighted by Crippen LogP contribution is 2.36. The molecule has 0 fully saturated rings. The highest BCUT2D eigenvalue weighted by molar-refractivity contribution is 7.89. The van der Waals surface area contributed by atoms with Crippen LogP contribution < -0.4 is 15.6 Å². The lowest BCUT2D eigenvalue weighted by Gasteiger charge is -2.20. The number of fused-ring (bicyclic) bond motifs is 2. The number of sulfonamides is 1. The predicted octanol–water partition coefficient (Wildman–Crippen LogP) is 5.60. The van der Waals surface area contributed by atoms with Crippen molar-refractivity contribution < 1.29 is 13.2 Å². The minimum Gasteiger partial charge on any atom is -0.361 e. The van der Waals surface area contributed by atoms with E-state index in [2.05, 4.69) is 39.6 Å². The van der Waals surface area contributed by atoms with Crippen LogP contribution in [0.5, 0.6) is 0 Å². The molecule has 0 saturated heterocycles. The molecule has 1 atom stereocenters. The van der Waals surface area contributed by atoms with Crippen molar-refractivity contribution in [2.24, 2.45) is 0 Å². The lowest BCUT2D eigenvalue weighted by Crippen LogP contribution is -2.29. The van der Waals surface area contributed by atoms with Gasteiger partial charge in [-0.1, -0.05) is 50.0 Å². The Balaban J connectivity index is 1.48. The third-order valence-corrected chi connectivity index (χ3v) is 11.4. The van der Waals surface area contributed by atoms with E-state index in [9.17, 15) is 13.2 Å². The monoisotopic (exact) mass is 684 g/mol. The third kappa shape index (κ3) is 6.56. The maximum Gasteiger partial charge on any atom is 0.282 e. The molecule has 0 spiro atoms. The van der Waals surface area contributed by atoms with Gasteiger partial charge < -0.3 is 14.6 Å². The molecule has 0 aliphatic carbocycles. The number of rotatable bonds is 12. The largest absolute Gasteiger partial charge is 0.361 e. The van der Waals surface area contributed by atoms with Gasteiger partial charge in [-0.25, -0.2) is 27.6 Å². The Morgan fingerprint density at radius 3 is 2.52 bits per heavy atom. The SMILES string of the molecule is CNS(=O)(=O)c1cccc(-c2cn(COCC[Si](C)(C)C)c3ncnc(N[C@@H](C)c4nn5ccc(C)c5c(=O)n4-c4ccccc4)c23)c1. The maximum atomic E-state index is 13.9. The number of aryl methyl sites for hydroxylation is 1. The van der Waals surface area contributed by atoms with Crippen molar-refractivity contribution in [2.75, 3.05) is 19.0 Å². The molecule has 0 radical (unpaired) electrons. The summed E-state index contributed by atoms with van der Waals surface area (Å²) < 4.78 is 39.2. The van der Waals surface area contributed by atoms with Crippen LogP contribution >= 0.6 is 0 Å². The molecule has 0 aliphatic rings. The smallest absolute Gasteiger partial charge is 0.282 e. The molecule has 0 aliphatic heterocycles. The number of benzene rings is 2. The summed E-state index contributed by atoms with van der Waals surface area (Å²) >= 11 is 0.